The average Bonchev–Trinajstić information content (AvgIpc) is 2.02. The van der Waals surface area contributed by atoms with E-state index in [1.807, 2.05) is 0 Å². The Kier molecular flexibility index (Phi) is 4.58. The molecule has 4 nitrogen and oxygen atoms in total. The lowest BCUT2D eigenvalue weighted by atomic mass is 10.7. The third kappa shape index (κ3) is 3.04. The summed E-state index contributed by atoms with van der Waals surface area (Å²) in [5.41, 5.74) is 0. The van der Waals surface area contributed by atoms with Crippen LogP contribution in [0, 0.1) is 0 Å². The van der Waals surface area contributed by atoms with Gasteiger partial charge in [0.05, 0.1) is 6.61 Å². The smallest absolute Gasteiger partial charge is 0.415 e. The van der Waals surface area contributed by atoms with Crippen molar-refractivity contribution in [1.29, 1.82) is 0 Å². The number of ether oxygens (including phenoxy) is 1. The second-order valence-corrected chi connectivity index (χ2v) is 2.80. The average molecular weight is 190 g/mol. The van der Waals surface area contributed by atoms with Crippen LogP contribution in [-0.4, -0.2) is 48.8 Å². The number of hydrogen-bond donors (Lipinski definition) is 0. The molecule has 0 spiro atoms. The Labute approximate surface area is 78.1 Å². The predicted molar refractivity (Wildman–Crippen MR) is 51.1 cm³/mol. The van der Waals surface area contributed by atoms with Gasteiger partial charge in [0.2, 0.25) is 0 Å². The van der Waals surface area contributed by atoms with Gasteiger partial charge in [-0.3, -0.25) is 4.90 Å². The van der Waals surface area contributed by atoms with Crippen LogP contribution in [0.3, 0.4) is 0 Å². The maximum absolute atomic E-state index is 11.1. The highest BCUT2D eigenvalue weighted by Gasteiger charge is 2.14. The van der Waals surface area contributed by atoms with E-state index in [4.69, 9.17) is 17.0 Å². The lowest BCUT2D eigenvalue weighted by Gasteiger charge is -2.22. The minimum atomic E-state index is -0.420. The fraction of sp³-hybridized carbons (Fsp3) is 0.714. The second-order valence-electron chi connectivity index (χ2n) is 2.43. The Morgan fingerprint density at radius 3 is 2.25 bits per heavy atom. The molecule has 0 aliphatic heterocycles. The highest BCUT2D eigenvalue weighted by atomic mass is 32.1. The van der Waals surface area contributed by atoms with Crippen LogP contribution in [0.15, 0.2) is 0 Å². The maximum atomic E-state index is 11.1. The van der Waals surface area contributed by atoms with E-state index < -0.39 is 6.09 Å². The molecule has 0 aliphatic rings. The largest absolute Gasteiger partial charge is 0.449 e. The van der Waals surface area contributed by atoms with Gasteiger partial charge >= 0.3 is 6.09 Å². The summed E-state index contributed by atoms with van der Waals surface area (Å²) < 4.78 is 4.75. The molecule has 0 aromatic rings. The molecule has 0 fully saturated rings. The molecule has 0 atom stereocenters. The molecule has 0 bridgehead atoms. The zero-order valence-electron chi connectivity index (χ0n) is 7.83. The highest BCUT2D eigenvalue weighted by molar-refractivity contribution is 7.80. The quantitative estimate of drug-likeness (QED) is 0.576. The first kappa shape index (κ1) is 11.2. The van der Waals surface area contributed by atoms with Gasteiger partial charge in [0.15, 0.2) is 5.11 Å². The monoisotopic (exact) mass is 190 g/mol. The number of nitrogens with zero attached hydrogens (tertiary/aromatic N) is 2. The molecular formula is C7H14N2O2S. The van der Waals surface area contributed by atoms with Gasteiger partial charge < -0.3 is 9.64 Å². The SMILES string of the molecule is CCOC(=O)N(C)C(=S)N(C)C. The Bertz CT molecular complexity index is 182. The summed E-state index contributed by atoms with van der Waals surface area (Å²) in [7, 11) is 5.14. The summed E-state index contributed by atoms with van der Waals surface area (Å²) in [5.74, 6) is 0. The van der Waals surface area contributed by atoms with E-state index in [2.05, 4.69) is 0 Å². The van der Waals surface area contributed by atoms with Crippen LogP contribution in [0.4, 0.5) is 4.79 Å². The van der Waals surface area contributed by atoms with Crippen molar-refractivity contribution >= 4 is 23.4 Å². The van der Waals surface area contributed by atoms with Crippen molar-refractivity contribution in [2.24, 2.45) is 0 Å². The van der Waals surface area contributed by atoms with Gasteiger partial charge in [-0.2, -0.15) is 0 Å². The van der Waals surface area contributed by atoms with Gasteiger partial charge in [0, 0.05) is 21.1 Å². The van der Waals surface area contributed by atoms with Crippen LogP contribution in [0.5, 0.6) is 0 Å². The highest BCUT2D eigenvalue weighted by Crippen LogP contribution is 1.95. The Morgan fingerprint density at radius 2 is 1.92 bits per heavy atom. The van der Waals surface area contributed by atoms with Crippen LogP contribution in [0.1, 0.15) is 6.92 Å². The van der Waals surface area contributed by atoms with Gasteiger partial charge in [-0.25, -0.2) is 4.79 Å². The van der Waals surface area contributed by atoms with E-state index in [-0.39, 0.29) is 0 Å². The fourth-order valence-corrected chi connectivity index (χ4v) is 0.673. The minimum Gasteiger partial charge on any atom is -0.449 e. The van der Waals surface area contributed by atoms with Crippen molar-refractivity contribution < 1.29 is 9.53 Å². The molecule has 0 aromatic carbocycles. The molecule has 0 aliphatic carbocycles. The number of thiocarbonyl (C=S) groups is 1. The van der Waals surface area contributed by atoms with Gasteiger partial charge in [-0.05, 0) is 19.1 Å². The maximum Gasteiger partial charge on any atom is 0.415 e. The molecule has 0 heterocycles. The molecule has 70 valence electrons. The van der Waals surface area contributed by atoms with Crippen LogP contribution in [0.25, 0.3) is 0 Å². The zero-order chi connectivity index (χ0) is 9.72. The number of rotatable bonds is 1. The van der Waals surface area contributed by atoms with Crippen molar-refractivity contribution in [3.63, 3.8) is 0 Å². The number of carbonyl (C=O) groups is 1. The summed E-state index contributed by atoms with van der Waals surface area (Å²) in [6.07, 6.45) is -0.420. The Balaban J connectivity index is 4.10. The first-order valence-corrected chi connectivity index (χ1v) is 4.03. The van der Waals surface area contributed by atoms with E-state index in [9.17, 15) is 4.79 Å². The first-order valence-electron chi connectivity index (χ1n) is 3.62. The van der Waals surface area contributed by atoms with Crippen LogP contribution in [-0.2, 0) is 4.74 Å². The summed E-state index contributed by atoms with van der Waals surface area (Å²) in [4.78, 5) is 14.0. The molecule has 0 saturated heterocycles. The summed E-state index contributed by atoms with van der Waals surface area (Å²) >= 11 is 4.94. The fourth-order valence-electron chi connectivity index (χ4n) is 0.598. The van der Waals surface area contributed by atoms with E-state index in [0.29, 0.717) is 11.7 Å². The lowest BCUT2D eigenvalue weighted by molar-refractivity contribution is 0.132. The Hall–Kier alpha value is -0.840. The first-order chi connectivity index (χ1) is 5.50. The van der Waals surface area contributed by atoms with Crippen LogP contribution < -0.4 is 0 Å². The van der Waals surface area contributed by atoms with E-state index >= 15 is 0 Å². The van der Waals surface area contributed by atoms with Crippen molar-refractivity contribution in [2.45, 2.75) is 6.92 Å². The second kappa shape index (κ2) is 4.92. The van der Waals surface area contributed by atoms with Crippen molar-refractivity contribution in [3.05, 3.63) is 0 Å². The molecule has 0 unspecified atom stereocenters. The van der Waals surface area contributed by atoms with Gasteiger partial charge in [-0.15, -0.1) is 0 Å². The minimum absolute atomic E-state index is 0.360. The molecule has 12 heavy (non-hydrogen) atoms. The summed E-state index contributed by atoms with van der Waals surface area (Å²) in [6, 6.07) is 0. The van der Waals surface area contributed by atoms with Crippen molar-refractivity contribution in [2.75, 3.05) is 27.7 Å². The Morgan fingerprint density at radius 1 is 1.42 bits per heavy atom. The molecule has 1 amide bonds. The molecule has 0 rings (SSSR count). The van der Waals surface area contributed by atoms with Crippen molar-refractivity contribution in [1.82, 2.24) is 9.80 Å². The molecule has 0 aromatic heterocycles. The number of amides is 1. The third-order valence-electron chi connectivity index (χ3n) is 1.21. The standard InChI is InChI=1S/C7H14N2O2S/c1-5-11-7(10)9(4)6(12)8(2)3/h5H2,1-4H3. The normalized spacial score (nSPS) is 9.00. The topological polar surface area (TPSA) is 32.8 Å². The van der Waals surface area contributed by atoms with Gasteiger partial charge in [-0.1, -0.05) is 0 Å². The van der Waals surface area contributed by atoms with E-state index in [1.54, 1.807) is 33.0 Å². The number of hydrogen-bond acceptors (Lipinski definition) is 3. The molecule has 0 N–H and O–H groups in total. The third-order valence-corrected chi connectivity index (χ3v) is 1.85. The van der Waals surface area contributed by atoms with Crippen LogP contribution >= 0.6 is 12.2 Å². The van der Waals surface area contributed by atoms with E-state index in [0.717, 1.165) is 0 Å². The zero-order valence-corrected chi connectivity index (χ0v) is 8.64. The summed E-state index contributed by atoms with van der Waals surface area (Å²) in [6.45, 7) is 2.11. The predicted octanol–water partition coefficient (Wildman–Crippen LogP) is 0.921. The van der Waals surface area contributed by atoms with E-state index in [1.165, 1.54) is 4.90 Å². The molecule has 5 heteroatoms. The van der Waals surface area contributed by atoms with Gasteiger partial charge in [0.25, 0.3) is 0 Å². The molecular weight excluding hydrogens is 176 g/mol. The van der Waals surface area contributed by atoms with Gasteiger partial charge in [0.1, 0.15) is 0 Å². The summed E-state index contributed by atoms with van der Waals surface area (Å²) in [5, 5.41) is 0.438. The van der Waals surface area contributed by atoms with Crippen LogP contribution in [0.2, 0.25) is 0 Å². The molecule has 0 radical (unpaired) electrons. The number of carbonyl (C=O) groups excluding carboxylic acids is 1. The van der Waals surface area contributed by atoms with Crippen molar-refractivity contribution in [3.8, 4) is 0 Å². The molecule has 0 saturated carbocycles. The lowest BCUT2D eigenvalue weighted by Crippen LogP contribution is -2.40.